The zero-order valence-electron chi connectivity index (χ0n) is 13.4. The Morgan fingerprint density at radius 2 is 2.09 bits per heavy atom. The van der Waals surface area contributed by atoms with Crippen LogP contribution in [0, 0.1) is 18.8 Å². The van der Waals surface area contributed by atoms with Crippen LogP contribution in [0.3, 0.4) is 0 Å². The van der Waals surface area contributed by atoms with Gasteiger partial charge in [0.25, 0.3) is 0 Å². The average Bonchev–Trinajstić information content (AvgIpc) is 2.89. The molecule has 0 amide bonds. The van der Waals surface area contributed by atoms with Gasteiger partial charge in [-0.3, -0.25) is 4.68 Å². The van der Waals surface area contributed by atoms with Gasteiger partial charge in [-0.25, -0.2) is 4.98 Å². The quantitative estimate of drug-likeness (QED) is 0.582. The molecular weight excluding hydrogens is 287 g/mol. The number of carboxylic acids is 1. The Bertz CT molecular complexity index is 735. The summed E-state index contributed by atoms with van der Waals surface area (Å²) in [6.07, 6.45) is 6.04. The molecule has 1 aliphatic carbocycles. The molecule has 2 unspecified atom stereocenters. The normalized spacial score (nSPS) is 21.7. The van der Waals surface area contributed by atoms with E-state index in [2.05, 4.69) is 28.0 Å². The van der Waals surface area contributed by atoms with Crippen LogP contribution in [0.5, 0.6) is 0 Å². The van der Waals surface area contributed by atoms with Crippen molar-refractivity contribution in [3.8, 4) is 0 Å². The van der Waals surface area contributed by atoms with Gasteiger partial charge in [0.15, 0.2) is 0 Å². The van der Waals surface area contributed by atoms with E-state index in [-0.39, 0.29) is 24.4 Å². The summed E-state index contributed by atoms with van der Waals surface area (Å²) < 4.78 is 1.60. The number of carboxylic acid groups (broad SMARTS) is 1. The van der Waals surface area contributed by atoms with Crippen LogP contribution in [0.1, 0.15) is 27.9 Å². The predicted molar refractivity (Wildman–Crippen MR) is 78.4 cm³/mol. The first-order valence-electron chi connectivity index (χ1n) is 7.54. The number of aryl methyl sites for hydroxylation is 1. The molecular formula is C16H17LiN4O2. The van der Waals surface area contributed by atoms with Crippen molar-refractivity contribution in [3.05, 3.63) is 41.3 Å². The van der Waals surface area contributed by atoms with Gasteiger partial charge in [0.1, 0.15) is 5.82 Å². The van der Waals surface area contributed by atoms with E-state index < -0.39 is 5.97 Å². The van der Waals surface area contributed by atoms with E-state index >= 15 is 0 Å². The number of fused-ring (bicyclic) bond motifs is 1. The molecule has 0 bridgehead atoms. The monoisotopic (exact) mass is 304 g/mol. The Hall–Kier alpha value is -1.77. The molecule has 7 heteroatoms. The summed E-state index contributed by atoms with van der Waals surface area (Å²) in [5.74, 6) is 1.61. The van der Waals surface area contributed by atoms with E-state index in [9.17, 15) is 9.90 Å². The van der Waals surface area contributed by atoms with Crippen molar-refractivity contribution in [3.63, 3.8) is 0 Å². The van der Waals surface area contributed by atoms with Crippen LogP contribution in [-0.4, -0.2) is 33.8 Å². The average molecular weight is 304 g/mol. The molecule has 0 spiro atoms. The van der Waals surface area contributed by atoms with Gasteiger partial charge >= 0.3 is 18.9 Å². The molecule has 1 saturated heterocycles. The van der Waals surface area contributed by atoms with Crippen LogP contribution in [0.15, 0.2) is 24.7 Å². The van der Waals surface area contributed by atoms with E-state index in [0.29, 0.717) is 6.54 Å². The van der Waals surface area contributed by atoms with Gasteiger partial charge in [-0.15, -0.1) is 0 Å². The van der Waals surface area contributed by atoms with E-state index in [1.165, 1.54) is 18.8 Å². The van der Waals surface area contributed by atoms with E-state index in [1.807, 2.05) is 6.20 Å². The van der Waals surface area contributed by atoms with Crippen LogP contribution < -0.4 is 28.9 Å². The number of nitrogens with zero attached hydrogens (tertiary/aromatic N) is 4. The Balaban J connectivity index is 0.00000156. The molecule has 2 aromatic heterocycles. The summed E-state index contributed by atoms with van der Waals surface area (Å²) in [7, 11) is 0. The SMILES string of the molecule is Cc1cc(N2CC3CC3C2)ncc1Cn1cc(C(=O)[O-])cn1.[Li+]. The minimum atomic E-state index is -1.20. The maximum atomic E-state index is 10.8. The smallest absolute Gasteiger partial charge is 0.545 e. The summed E-state index contributed by atoms with van der Waals surface area (Å²) >= 11 is 0. The minimum absolute atomic E-state index is 0. The zero-order valence-corrected chi connectivity index (χ0v) is 13.4. The van der Waals surface area contributed by atoms with Crippen LogP contribution in [0.25, 0.3) is 0 Å². The van der Waals surface area contributed by atoms with E-state index in [1.54, 1.807) is 4.68 Å². The van der Waals surface area contributed by atoms with E-state index in [4.69, 9.17) is 0 Å². The Labute approximate surface area is 146 Å². The van der Waals surface area contributed by atoms with Gasteiger partial charge in [-0.05, 0) is 42.4 Å². The van der Waals surface area contributed by atoms with Gasteiger partial charge < -0.3 is 14.8 Å². The molecule has 1 saturated carbocycles. The van der Waals surface area contributed by atoms with Crippen LogP contribution in [-0.2, 0) is 6.54 Å². The van der Waals surface area contributed by atoms with Crippen molar-refractivity contribution in [2.45, 2.75) is 19.9 Å². The Morgan fingerprint density at radius 3 is 2.70 bits per heavy atom. The number of piperidine rings is 1. The zero-order chi connectivity index (χ0) is 15.3. The standard InChI is InChI=1S/C16H18N4O2.Li/c1-10-2-15(19-6-11-3-12(11)7-19)17-4-13(10)8-20-9-14(5-18-20)16(21)22;/h2,4-5,9,11-12H,3,6-8H2,1H3,(H,21,22);/q;+1/p-1. The van der Waals surface area contributed by atoms with Crippen molar-refractivity contribution in [2.24, 2.45) is 11.8 Å². The number of pyridine rings is 1. The van der Waals surface area contributed by atoms with Crippen molar-refractivity contribution in [1.29, 1.82) is 0 Å². The molecule has 0 radical (unpaired) electrons. The second-order valence-corrected chi connectivity index (χ2v) is 6.34. The number of rotatable bonds is 4. The molecule has 2 atom stereocenters. The molecule has 6 nitrogen and oxygen atoms in total. The number of carbonyl (C=O) groups excluding carboxylic acids is 1. The Morgan fingerprint density at radius 1 is 1.35 bits per heavy atom. The molecule has 0 aromatic carbocycles. The molecule has 3 heterocycles. The second-order valence-electron chi connectivity index (χ2n) is 6.34. The maximum absolute atomic E-state index is 10.8. The number of anilines is 1. The van der Waals surface area contributed by atoms with Crippen LogP contribution in [0.4, 0.5) is 5.82 Å². The summed E-state index contributed by atoms with van der Waals surface area (Å²) in [6.45, 7) is 4.83. The largest absolute Gasteiger partial charge is 1.00 e. The summed E-state index contributed by atoms with van der Waals surface area (Å²) in [5.41, 5.74) is 2.29. The number of aromatic nitrogens is 3. The molecule has 1 aliphatic heterocycles. The van der Waals surface area contributed by atoms with Crippen LogP contribution >= 0.6 is 0 Å². The summed E-state index contributed by atoms with van der Waals surface area (Å²) in [6, 6.07) is 2.11. The molecule has 23 heavy (non-hydrogen) atoms. The van der Waals surface area contributed by atoms with Gasteiger partial charge in [-0.2, -0.15) is 5.10 Å². The molecule has 0 N–H and O–H groups in total. The van der Waals surface area contributed by atoms with Crippen LogP contribution in [0.2, 0.25) is 0 Å². The van der Waals surface area contributed by atoms with E-state index in [0.717, 1.165) is 41.9 Å². The molecule has 2 fully saturated rings. The molecule has 114 valence electrons. The maximum Gasteiger partial charge on any atom is 1.00 e. The first kappa shape index (κ1) is 16.1. The van der Waals surface area contributed by atoms with Gasteiger partial charge in [0.05, 0.1) is 18.7 Å². The van der Waals surface area contributed by atoms with Gasteiger partial charge in [-0.1, -0.05) is 0 Å². The van der Waals surface area contributed by atoms with Crippen molar-refractivity contribution in [2.75, 3.05) is 18.0 Å². The number of hydrogen-bond donors (Lipinski definition) is 0. The minimum Gasteiger partial charge on any atom is -0.545 e. The van der Waals surface area contributed by atoms with Gasteiger partial charge in [0, 0.05) is 31.0 Å². The third-order valence-electron chi connectivity index (χ3n) is 4.71. The molecule has 4 rings (SSSR count). The third-order valence-corrected chi connectivity index (χ3v) is 4.71. The number of carbonyl (C=O) groups is 1. The first-order valence-corrected chi connectivity index (χ1v) is 7.54. The molecule has 2 aromatic rings. The predicted octanol–water partition coefficient (Wildman–Crippen LogP) is -2.54. The fraction of sp³-hybridized carbons (Fsp3) is 0.438. The Kier molecular flexibility index (Phi) is 4.22. The fourth-order valence-corrected chi connectivity index (χ4v) is 3.22. The first-order chi connectivity index (χ1) is 10.6. The van der Waals surface area contributed by atoms with Crippen molar-refractivity contribution in [1.82, 2.24) is 14.8 Å². The van der Waals surface area contributed by atoms with Crippen molar-refractivity contribution < 1.29 is 28.8 Å². The van der Waals surface area contributed by atoms with Gasteiger partial charge in [0.2, 0.25) is 0 Å². The fourth-order valence-electron chi connectivity index (χ4n) is 3.22. The number of aromatic carboxylic acids is 1. The summed E-state index contributed by atoms with van der Waals surface area (Å²) in [4.78, 5) is 17.7. The summed E-state index contributed by atoms with van der Waals surface area (Å²) in [5, 5.41) is 14.8. The van der Waals surface area contributed by atoms with Crippen molar-refractivity contribution >= 4 is 11.8 Å². The number of hydrogen-bond acceptors (Lipinski definition) is 5. The second kappa shape index (κ2) is 6.03. The molecule has 2 aliphatic rings. The third kappa shape index (κ3) is 3.14. The topological polar surface area (TPSA) is 74.1 Å².